The van der Waals surface area contributed by atoms with Gasteiger partial charge in [0, 0.05) is 21.9 Å². The molecule has 0 aliphatic heterocycles. The van der Waals surface area contributed by atoms with Crippen molar-refractivity contribution in [2.45, 2.75) is 17.9 Å². The van der Waals surface area contributed by atoms with Crippen molar-refractivity contribution in [2.75, 3.05) is 0 Å². The zero-order chi connectivity index (χ0) is 19.7. The number of nitrogens with zero attached hydrogens (tertiary/aromatic N) is 2. The van der Waals surface area contributed by atoms with E-state index in [-0.39, 0.29) is 12.3 Å². The molecule has 8 heteroatoms. The Kier molecular flexibility index (Phi) is 5.19. The van der Waals surface area contributed by atoms with Crippen LogP contribution in [0.2, 0.25) is 0 Å². The summed E-state index contributed by atoms with van der Waals surface area (Å²) in [5.41, 5.74) is 3.95. The molecule has 0 atom stereocenters. The van der Waals surface area contributed by atoms with Gasteiger partial charge in [-0.25, -0.2) is 9.78 Å². The fourth-order valence-corrected chi connectivity index (χ4v) is 4.20. The van der Waals surface area contributed by atoms with Gasteiger partial charge < -0.3 is 10.2 Å². The van der Waals surface area contributed by atoms with Crippen LogP contribution in [0.5, 0.6) is 0 Å². The molecule has 142 valence electrons. The third kappa shape index (κ3) is 3.55. The minimum atomic E-state index is -1.05. The summed E-state index contributed by atoms with van der Waals surface area (Å²) >= 11 is 2.49. The van der Waals surface area contributed by atoms with E-state index in [0.717, 1.165) is 32.5 Å². The quantitative estimate of drug-likeness (QED) is 0.417. The van der Waals surface area contributed by atoms with Crippen LogP contribution in [0.15, 0.2) is 58.9 Å². The molecule has 4 aromatic rings. The Balaban J connectivity index is 1.80. The maximum absolute atomic E-state index is 11.2. The number of aromatic carboxylic acids is 1. The number of carboxylic acids is 1. The smallest absolute Gasteiger partial charge is 0.355 e. The van der Waals surface area contributed by atoms with Crippen LogP contribution in [0.4, 0.5) is 0 Å². The average molecular weight is 412 g/mol. The van der Waals surface area contributed by atoms with Crippen molar-refractivity contribution in [1.82, 2.24) is 9.55 Å². The number of rotatable bonds is 6. The largest absolute Gasteiger partial charge is 0.476 e. The normalized spacial score (nSPS) is 11.2. The number of benzene rings is 2. The van der Waals surface area contributed by atoms with Crippen LogP contribution < -0.4 is 5.14 Å². The summed E-state index contributed by atoms with van der Waals surface area (Å²) in [6, 6.07) is 13.9. The standard InChI is InChI=1S/C20H17N3O3S2/c21-28-15-4-1-12(2-5-15)7-14-9-23(20-22-17(11-27-20)19(25)26)18-8-13(10-24)3-6-16(14)18/h1-6,8-9,11,24H,7,10,21H2,(H,25,26). The molecule has 2 heterocycles. The van der Waals surface area contributed by atoms with Crippen molar-refractivity contribution in [1.29, 1.82) is 0 Å². The molecule has 0 aliphatic carbocycles. The first-order chi connectivity index (χ1) is 13.6. The SMILES string of the molecule is NSc1ccc(Cc2cn(-c3nc(C(=O)O)cs3)c3cc(CO)ccc23)cc1. The van der Waals surface area contributed by atoms with Crippen LogP contribution in [-0.2, 0) is 13.0 Å². The molecule has 0 bridgehead atoms. The van der Waals surface area contributed by atoms with Crippen molar-refractivity contribution in [3.8, 4) is 5.13 Å². The van der Waals surface area contributed by atoms with Gasteiger partial charge >= 0.3 is 5.97 Å². The molecule has 2 aromatic carbocycles. The van der Waals surface area contributed by atoms with Gasteiger partial charge in [0.1, 0.15) is 0 Å². The molecule has 0 saturated heterocycles. The number of aliphatic hydroxyl groups is 1. The number of hydrogen-bond acceptors (Lipinski definition) is 6. The number of carboxylic acid groups (broad SMARTS) is 1. The second-order valence-electron chi connectivity index (χ2n) is 6.29. The summed E-state index contributed by atoms with van der Waals surface area (Å²) in [4.78, 5) is 16.4. The van der Waals surface area contributed by atoms with E-state index in [1.54, 1.807) is 0 Å². The summed E-state index contributed by atoms with van der Waals surface area (Å²) in [7, 11) is 0. The van der Waals surface area contributed by atoms with E-state index < -0.39 is 5.97 Å². The maximum atomic E-state index is 11.2. The number of aliphatic hydroxyl groups excluding tert-OH is 1. The lowest BCUT2D eigenvalue weighted by molar-refractivity contribution is 0.0691. The van der Waals surface area contributed by atoms with Crippen molar-refractivity contribution in [3.05, 3.63) is 76.4 Å². The minimum Gasteiger partial charge on any atom is -0.476 e. The summed E-state index contributed by atoms with van der Waals surface area (Å²) < 4.78 is 1.89. The lowest BCUT2D eigenvalue weighted by Gasteiger charge is -2.03. The summed E-state index contributed by atoms with van der Waals surface area (Å²) in [5.74, 6) is -1.05. The fourth-order valence-electron chi connectivity index (χ4n) is 3.12. The predicted octanol–water partition coefficient (Wildman–Crippen LogP) is 3.83. The maximum Gasteiger partial charge on any atom is 0.355 e. The van der Waals surface area contributed by atoms with E-state index >= 15 is 0 Å². The predicted molar refractivity (Wildman–Crippen MR) is 111 cm³/mol. The van der Waals surface area contributed by atoms with Gasteiger partial charge in [0.25, 0.3) is 0 Å². The Hall–Kier alpha value is -2.65. The highest BCUT2D eigenvalue weighted by Gasteiger charge is 2.15. The van der Waals surface area contributed by atoms with Gasteiger partial charge in [-0.05, 0) is 53.3 Å². The zero-order valence-corrected chi connectivity index (χ0v) is 16.3. The van der Waals surface area contributed by atoms with Gasteiger partial charge in [-0.3, -0.25) is 9.71 Å². The second kappa shape index (κ2) is 7.76. The molecule has 0 aliphatic rings. The van der Waals surface area contributed by atoms with E-state index in [1.807, 2.05) is 53.2 Å². The minimum absolute atomic E-state index is 0.0246. The Labute approximate surface area is 169 Å². The highest BCUT2D eigenvalue weighted by molar-refractivity contribution is 7.97. The number of fused-ring (bicyclic) bond motifs is 1. The molecule has 0 spiro atoms. The van der Waals surface area contributed by atoms with E-state index in [9.17, 15) is 15.0 Å². The van der Waals surface area contributed by atoms with Gasteiger partial charge in [-0.1, -0.05) is 24.3 Å². The van der Waals surface area contributed by atoms with Gasteiger partial charge in [0.05, 0.1) is 12.1 Å². The third-order valence-electron chi connectivity index (χ3n) is 4.51. The summed E-state index contributed by atoms with van der Waals surface area (Å²) in [6.07, 6.45) is 2.70. The summed E-state index contributed by atoms with van der Waals surface area (Å²) in [6.45, 7) is -0.0626. The Morgan fingerprint density at radius 1 is 1.18 bits per heavy atom. The zero-order valence-electron chi connectivity index (χ0n) is 14.7. The first-order valence-corrected chi connectivity index (χ1v) is 10.2. The van der Waals surface area contributed by atoms with Gasteiger partial charge in [-0.15, -0.1) is 11.3 Å². The fraction of sp³-hybridized carbons (Fsp3) is 0.100. The highest BCUT2D eigenvalue weighted by atomic mass is 32.2. The molecular weight excluding hydrogens is 394 g/mol. The number of carbonyl (C=O) groups is 1. The lowest BCUT2D eigenvalue weighted by atomic mass is 10.0. The topological polar surface area (TPSA) is 101 Å². The van der Waals surface area contributed by atoms with Gasteiger partial charge in [-0.2, -0.15) is 0 Å². The monoisotopic (exact) mass is 411 g/mol. The van der Waals surface area contributed by atoms with Gasteiger partial charge in [0.2, 0.25) is 0 Å². The van der Waals surface area contributed by atoms with Crippen molar-refractivity contribution in [3.63, 3.8) is 0 Å². The van der Waals surface area contributed by atoms with Crippen LogP contribution in [0, 0.1) is 0 Å². The van der Waals surface area contributed by atoms with E-state index in [4.69, 9.17) is 5.14 Å². The van der Waals surface area contributed by atoms with Crippen LogP contribution in [0.25, 0.3) is 16.0 Å². The Morgan fingerprint density at radius 2 is 1.93 bits per heavy atom. The molecule has 0 amide bonds. The Morgan fingerprint density at radius 3 is 2.57 bits per heavy atom. The van der Waals surface area contributed by atoms with Gasteiger partial charge in [0.15, 0.2) is 10.8 Å². The number of aromatic nitrogens is 2. The molecule has 6 nitrogen and oxygen atoms in total. The number of thiazole rings is 1. The molecule has 0 saturated carbocycles. The average Bonchev–Trinajstić information content (AvgIpc) is 3.33. The number of nitrogens with two attached hydrogens (primary N) is 1. The molecule has 0 fully saturated rings. The highest BCUT2D eigenvalue weighted by Crippen LogP contribution is 2.29. The van der Waals surface area contributed by atoms with E-state index in [0.29, 0.717) is 11.6 Å². The first-order valence-electron chi connectivity index (χ1n) is 8.47. The molecule has 0 unspecified atom stereocenters. The van der Waals surface area contributed by atoms with Crippen LogP contribution in [0.3, 0.4) is 0 Å². The first kappa shape index (κ1) is 18.7. The van der Waals surface area contributed by atoms with Crippen molar-refractivity contribution in [2.24, 2.45) is 5.14 Å². The lowest BCUT2D eigenvalue weighted by Crippen LogP contribution is -1.98. The number of hydrogen-bond donors (Lipinski definition) is 3. The molecule has 4 N–H and O–H groups in total. The van der Waals surface area contributed by atoms with Crippen LogP contribution in [0.1, 0.15) is 27.2 Å². The summed E-state index contributed by atoms with van der Waals surface area (Å²) in [5, 5.41) is 27.4. The van der Waals surface area contributed by atoms with Crippen LogP contribution in [-0.4, -0.2) is 25.7 Å². The molecule has 28 heavy (non-hydrogen) atoms. The molecule has 2 aromatic heterocycles. The third-order valence-corrected chi connectivity index (χ3v) is 5.89. The van der Waals surface area contributed by atoms with Crippen molar-refractivity contribution >= 4 is 40.2 Å². The Bertz CT molecular complexity index is 1150. The second-order valence-corrected chi connectivity index (χ2v) is 7.84. The molecule has 4 rings (SSSR count). The van der Waals surface area contributed by atoms with E-state index in [1.165, 1.54) is 28.7 Å². The van der Waals surface area contributed by atoms with Crippen LogP contribution >= 0.6 is 23.3 Å². The van der Waals surface area contributed by atoms with Crippen molar-refractivity contribution < 1.29 is 15.0 Å². The molecule has 0 radical (unpaired) electrons. The van der Waals surface area contributed by atoms with E-state index in [2.05, 4.69) is 4.98 Å². The molecular formula is C20H17N3O3S2.